The van der Waals surface area contributed by atoms with E-state index in [0.29, 0.717) is 5.02 Å². The summed E-state index contributed by atoms with van der Waals surface area (Å²) in [4.78, 5) is 0. The molecule has 2 rings (SSSR count). The van der Waals surface area contributed by atoms with E-state index >= 15 is 0 Å². The molecule has 0 heterocycles. The van der Waals surface area contributed by atoms with Crippen molar-refractivity contribution in [2.24, 2.45) is 0 Å². The molecule has 21 heavy (non-hydrogen) atoms. The first-order chi connectivity index (χ1) is 9.97. The molecule has 0 radical (unpaired) electrons. The van der Waals surface area contributed by atoms with E-state index in [1.165, 1.54) is 0 Å². The Labute approximate surface area is 127 Å². The van der Waals surface area contributed by atoms with E-state index in [1.807, 2.05) is 19.1 Å². The van der Waals surface area contributed by atoms with Crippen molar-refractivity contribution in [1.29, 1.82) is 0 Å². The van der Waals surface area contributed by atoms with Gasteiger partial charge in [0.2, 0.25) is 0 Å². The van der Waals surface area contributed by atoms with Crippen LogP contribution in [0.5, 0.6) is 0 Å². The van der Waals surface area contributed by atoms with Crippen LogP contribution in [0.4, 0.5) is 8.78 Å². The molecule has 0 saturated heterocycles. The van der Waals surface area contributed by atoms with E-state index in [1.54, 1.807) is 12.1 Å². The van der Waals surface area contributed by atoms with Gasteiger partial charge in [-0.25, -0.2) is 8.78 Å². The molecule has 2 N–H and O–H groups in total. The van der Waals surface area contributed by atoms with E-state index in [0.717, 1.165) is 23.8 Å². The van der Waals surface area contributed by atoms with Crippen molar-refractivity contribution >= 4 is 11.6 Å². The molecule has 0 amide bonds. The van der Waals surface area contributed by atoms with Crippen LogP contribution in [0.1, 0.15) is 30.2 Å². The van der Waals surface area contributed by atoms with Gasteiger partial charge in [0.05, 0.1) is 6.10 Å². The Morgan fingerprint density at radius 3 is 2.48 bits per heavy atom. The van der Waals surface area contributed by atoms with Crippen molar-refractivity contribution in [3.05, 3.63) is 70.2 Å². The normalized spacial score (nSPS) is 14.0. The first-order valence-electron chi connectivity index (χ1n) is 6.59. The summed E-state index contributed by atoms with van der Waals surface area (Å²) in [6.45, 7) is 2.03. The van der Waals surface area contributed by atoms with E-state index in [4.69, 9.17) is 11.6 Å². The highest BCUT2D eigenvalue weighted by atomic mass is 35.5. The molecule has 0 fully saturated rings. The van der Waals surface area contributed by atoms with Crippen molar-refractivity contribution in [3.8, 4) is 0 Å². The minimum absolute atomic E-state index is 0.0477. The first-order valence-corrected chi connectivity index (χ1v) is 6.97. The Morgan fingerprint density at radius 1 is 1.14 bits per heavy atom. The fraction of sp³-hybridized carbons (Fsp3) is 0.250. The molecular formula is C16H16ClF2NO. The van der Waals surface area contributed by atoms with Crippen LogP contribution in [-0.4, -0.2) is 11.7 Å². The third-order valence-corrected chi connectivity index (χ3v) is 3.56. The molecule has 0 spiro atoms. The molecule has 112 valence electrons. The first kappa shape index (κ1) is 15.9. The minimum Gasteiger partial charge on any atom is -0.387 e. The van der Waals surface area contributed by atoms with Gasteiger partial charge >= 0.3 is 0 Å². The lowest BCUT2D eigenvalue weighted by Crippen LogP contribution is -2.25. The average molecular weight is 312 g/mol. The van der Waals surface area contributed by atoms with Crippen LogP contribution in [0, 0.1) is 11.6 Å². The Balaban J connectivity index is 1.98. The lowest BCUT2D eigenvalue weighted by Gasteiger charge is -2.18. The van der Waals surface area contributed by atoms with Crippen molar-refractivity contribution < 1.29 is 13.9 Å². The minimum atomic E-state index is -1.12. The Kier molecular flexibility index (Phi) is 5.28. The third-order valence-electron chi connectivity index (χ3n) is 3.30. The Bertz CT molecular complexity index is 604. The molecule has 0 aromatic heterocycles. The molecule has 2 nitrogen and oxygen atoms in total. The predicted octanol–water partition coefficient (Wildman–Crippen LogP) is 4.00. The fourth-order valence-corrected chi connectivity index (χ4v) is 2.16. The summed E-state index contributed by atoms with van der Waals surface area (Å²) in [5.74, 6) is -1.19. The molecule has 0 saturated carbocycles. The topological polar surface area (TPSA) is 32.3 Å². The SMILES string of the molecule is C[C@H](NCC(O)c1cc(F)ccc1F)c1ccc(Cl)cc1. The summed E-state index contributed by atoms with van der Waals surface area (Å²) in [5, 5.41) is 13.7. The van der Waals surface area contributed by atoms with E-state index in [2.05, 4.69) is 5.32 Å². The molecule has 5 heteroatoms. The number of aliphatic hydroxyl groups is 1. The number of nitrogens with one attached hydrogen (secondary N) is 1. The number of aliphatic hydroxyl groups excluding tert-OH is 1. The quantitative estimate of drug-likeness (QED) is 0.874. The van der Waals surface area contributed by atoms with Gasteiger partial charge in [-0.2, -0.15) is 0 Å². The van der Waals surface area contributed by atoms with Crippen molar-refractivity contribution in [3.63, 3.8) is 0 Å². The summed E-state index contributed by atoms with van der Waals surface area (Å²) >= 11 is 5.82. The Morgan fingerprint density at radius 2 is 1.81 bits per heavy atom. The second-order valence-electron chi connectivity index (χ2n) is 4.86. The van der Waals surface area contributed by atoms with Gasteiger partial charge in [-0.05, 0) is 42.8 Å². The molecular weight excluding hydrogens is 296 g/mol. The highest BCUT2D eigenvalue weighted by molar-refractivity contribution is 6.30. The zero-order chi connectivity index (χ0) is 15.4. The number of hydrogen-bond acceptors (Lipinski definition) is 2. The van der Waals surface area contributed by atoms with Crippen LogP contribution in [-0.2, 0) is 0 Å². The molecule has 0 aliphatic heterocycles. The summed E-state index contributed by atoms with van der Waals surface area (Å²) in [5.41, 5.74) is 0.942. The van der Waals surface area contributed by atoms with Gasteiger partial charge in [0.15, 0.2) is 0 Å². The second kappa shape index (κ2) is 6.98. The maximum atomic E-state index is 13.5. The smallest absolute Gasteiger partial charge is 0.129 e. The van der Waals surface area contributed by atoms with E-state index < -0.39 is 17.7 Å². The lowest BCUT2D eigenvalue weighted by molar-refractivity contribution is 0.166. The van der Waals surface area contributed by atoms with Gasteiger partial charge < -0.3 is 10.4 Å². The zero-order valence-corrected chi connectivity index (χ0v) is 12.2. The van der Waals surface area contributed by atoms with E-state index in [9.17, 15) is 13.9 Å². The zero-order valence-electron chi connectivity index (χ0n) is 11.5. The number of benzene rings is 2. The summed E-state index contributed by atoms with van der Waals surface area (Å²) < 4.78 is 26.6. The van der Waals surface area contributed by atoms with Crippen LogP contribution >= 0.6 is 11.6 Å². The molecule has 2 aromatic carbocycles. The highest BCUT2D eigenvalue weighted by Crippen LogP contribution is 2.20. The number of rotatable bonds is 5. The standard InChI is InChI=1S/C16H16ClF2NO/c1-10(11-2-4-12(17)5-3-11)20-9-16(21)14-8-13(18)6-7-15(14)19/h2-8,10,16,20-21H,9H2,1H3/t10-,16?/m0/s1. The molecule has 2 atom stereocenters. The van der Waals surface area contributed by atoms with Crippen molar-refractivity contribution in [1.82, 2.24) is 5.32 Å². The van der Waals surface area contributed by atoms with Gasteiger partial charge in [-0.15, -0.1) is 0 Å². The second-order valence-corrected chi connectivity index (χ2v) is 5.30. The number of halogens is 3. The summed E-state index contributed by atoms with van der Waals surface area (Å²) in [6.07, 6.45) is -1.12. The molecule has 0 aliphatic carbocycles. The van der Waals surface area contributed by atoms with Crippen molar-refractivity contribution in [2.45, 2.75) is 19.1 Å². The van der Waals surface area contributed by atoms with E-state index in [-0.39, 0.29) is 18.2 Å². The largest absolute Gasteiger partial charge is 0.387 e. The monoisotopic (exact) mass is 311 g/mol. The van der Waals surface area contributed by atoms with Gasteiger partial charge in [0.1, 0.15) is 11.6 Å². The van der Waals surface area contributed by atoms with Crippen LogP contribution in [0.2, 0.25) is 5.02 Å². The summed E-state index contributed by atoms with van der Waals surface area (Å²) in [7, 11) is 0. The molecule has 2 aromatic rings. The molecule has 1 unspecified atom stereocenters. The third kappa shape index (κ3) is 4.24. The van der Waals surface area contributed by atoms with Crippen LogP contribution in [0.15, 0.2) is 42.5 Å². The van der Waals surface area contributed by atoms with Gasteiger partial charge in [0, 0.05) is 23.2 Å². The maximum Gasteiger partial charge on any atom is 0.129 e. The summed E-state index contributed by atoms with van der Waals surface area (Å²) in [6, 6.07) is 10.3. The predicted molar refractivity (Wildman–Crippen MR) is 79.2 cm³/mol. The van der Waals surface area contributed by atoms with Gasteiger partial charge in [0.25, 0.3) is 0 Å². The average Bonchev–Trinajstić information content (AvgIpc) is 2.47. The van der Waals surface area contributed by atoms with Crippen LogP contribution < -0.4 is 5.32 Å². The molecule has 0 bridgehead atoms. The van der Waals surface area contributed by atoms with Crippen LogP contribution in [0.3, 0.4) is 0 Å². The van der Waals surface area contributed by atoms with Crippen molar-refractivity contribution in [2.75, 3.05) is 6.54 Å². The van der Waals surface area contributed by atoms with Crippen LogP contribution in [0.25, 0.3) is 0 Å². The highest BCUT2D eigenvalue weighted by Gasteiger charge is 2.15. The fourth-order valence-electron chi connectivity index (χ4n) is 2.04. The van der Waals surface area contributed by atoms with Gasteiger partial charge in [-0.1, -0.05) is 23.7 Å². The lowest BCUT2D eigenvalue weighted by atomic mass is 10.1. The maximum absolute atomic E-state index is 13.5. The number of hydrogen-bond donors (Lipinski definition) is 2. The van der Waals surface area contributed by atoms with Gasteiger partial charge in [-0.3, -0.25) is 0 Å². The Hall–Kier alpha value is -1.49. The molecule has 0 aliphatic rings.